The summed E-state index contributed by atoms with van der Waals surface area (Å²) in [6.07, 6.45) is 0. The van der Waals surface area contributed by atoms with Crippen molar-refractivity contribution in [2.24, 2.45) is 0 Å². The third-order valence-corrected chi connectivity index (χ3v) is 1.80. The Labute approximate surface area is 73.2 Å². The van der Waals surface area contributed by atoms with Crippen LogP contribution in [0.3, 0.4) is 0 Å². The standard InChI is InChI=1S/C9H15N3/c1-3-12(2)7-8-5-4-6-9(10)11-8/h4-6H,3,7H2,1-2H3,(H2,10,11). The maximum Gasteiger partial charge on any atom is 0.123 e. The number of nitrogens with zero attached hydrogens (tertiary/aromatic N) is 2. The Morgan fingerprint density at radius 2 is 2.25 bits per heavy atom. The summed E-state index contributed by atoms with van der Waals surface area (Å²) in [5.74, 6) is 0.594. The lowest BCUT2D eigenvalue weighted by atomic mass is 10.3. The topological polar surface area (TPSA) is 42.1 Å². The van der Waals surface area contributed by atoms with Crippen molar-refractivity contribution in [1.29, 1.82) is 0 Å². The van der Waals surface area contributed by atoms with Crippen LogP contribution in [0.25, 0.3) is 0 Å². The number of hydrogen-bond donors (Lipinski definition) is 1. The van der Waals surface area contributed by atoms with Gasteiger partial charge >= 0.3 is 0 Å². The van der Waals surface area contributed by atoms with E-state index in [1.54, 1.807) is 6.07 Å². The second kappa shape index (κ2) is 4.07. The molecule has 0 fully saturated rings. The Morgan fingerprint density at radius 3 is 2.83 bits per heavy atom. The summed E-state index contributed by atoms with van der Waals surface area (Å²) in [6.45, 7) is 4.00. The Morgan fingerprint density at radius 1 is 1.50 bits per heavy atom. The highest BCUT2D eigenvalue weighted by Gasteiger charge is 1.98. The fourth-order valence-corrected chi connectivity index (χ4v) is 0.975. The molecule has 0 spiro atoms. The molecule has 2 N–H and O–H groups in total. The molecule has 1 heterocycles. The largest absolute Gasteiger partial charge is 0.384 e. The van der Waals surface area contributed by atoms with Crippen LogP contribution in [0.2, 0.25) is 0 Å². The Kier molecular flexibility index (Phi) is 3.05. The van der Waals surface area contributed by atoms with Crippen LogP contribution >= 0.6 is 0 Å². The number of aromatic nitrogens is 1. The fourth-order valence-electron chi connectivity index (χ4n) is 0.975. The average Bonchev–Trinajstić information content (AvgIpc) is 2.04. The van der Waals surface area contributed by atoms with Gasteiger partial charge in [-0.3, -0.25) is 0 Å². The SMILES string of the molecule is CCN(C)Cc1cccc(N)n1. The number of rotatable bonds is 3. The summed E-state index contributed by atoms with van der Waals surface area (Å²) >= 11 is 0. The van der Waals surface area contributed by atoms with Gasteiger partial charge in [0.05, 0.1) is 5.69 Å². The number of hydrogen-bond acceptors (Lipinski definition) is 3. The van der Waals surface area contributed by atoms with E-state index in [-0.39, 0.29) is 0 Å². The smallest absolute Gasteiger partial charge is 0.123 e. The summed E-state index contributed by atoms with van der Waals surface area (Å²) in [4.78, 5) is 6.38. The van der Waals surface area contributed by atoms with E-state index in [0.29, 0.717) is 5.82 Å². The van der Waals surface area contributed by atoms with Crippen molar-refractivity contribution in [1.82, 2.24) is 9.88 Å². The quantitative estimate of drug-likeness (QED) is 0.729. The van der Waals surface area contributed by atoms with Gasteiger partial charge in [-0.2, -0.15) is 0 Å². The van der Waals surface area contributed by atoms with Crippen LogP contribution in [0.1, 0.15) is 12.6 Å². The van der Waals surface area contributed by atoms with E-state index in [0.717, 1.165) is 18.8 Å². The molecule has 0 bridgehead atoms. The van der Waals surface area contributed by atoms with Crippen molar-refractivity contribution in [3.63, 3.8) is 0 Å². The van der Waals surface area contributed by atoms with Gasteiger partial charge in [-0.15, -0.1) is 0 Å². The number of nitrogen functional groups attached to an aromatic ring is 1. The zero-order valence-electron chi connectivity index (χ0n) is 7.62. The number of anilines is 1. The second-order valence-electron chi connectivity index (χ2n) is 2.88. The Hall–Kier alpha value is -1.09. The molecule has 1 aromatic rings. The first kappa shape index (κ1) is 9.00. The molecular formula is C9H15N3. The molecule has 0 saturated carbocycles. The third-order valence-electron chi connectivity index (χ3n) is 1.80. The molecule has 3 nitrogen and oxygen atoms in total. The second-order valence-corrected chi connectivity index (χ2v) is 2.88. The van der Waals surface area contributed by atoms with E-state index in [1.807, 2.05) is 12.1 Å². The third kappa shape index (κ3) is 2.51. The van der Waals surface area contributed by atoms with E-state index >= 15 is 0 Å². The van der Waals surface area contributed by atoms with Gasteiger partial charge in [0.1, 0.15) is 5.82 Å². The van der Waals surface area contributed by atoms with Crippen LogP contribution in [0, 0.1) is 0 Å². The highest BCUT2D eigenvalue weighted by molar-refractivity contribution is 5.28. The van der Waals surface area contributed by atoms with Gasteiger partial charge in [0, 0.05) is 6.54 Å². The lowest BCUT2D eigenvalue weighted by Gasteiger charge is -2.12. The molecule has 0 aromatic carbocycles. The molecule has 66 valence electrons. The normalized spacial score (nSPS) is 10.6. The van der Waals surface area contributed by atoms with Crippen LogP contribution in [0.5, 0.6) is 0 Å². The molecule has 0 aliphatic carbocycles. The maximum absolute atomic E-state index is 5.55. The fraction of sp³-hybridized carbons (Fsp3) is 0.444. The summed E-state index contributed by atoms with van der Waals surface area (Å²) < 4.78 is 0. The van der Waals surface area contributed by atoms with Gasteiger partial charge < -0.3 is 10.6 Å². The van der Waals surface area contributed by atoms with Crippen molar-refractivity contribution in [2.45, 2.75) is 13.5 Å². The first-order valence-corrected chi connectivity index (χ1v) is 4.12. The van der Waals surface area contributed by atoms with Crippen LogP contribution < -0.4 is 5.73 Å². The van der Waals surface area contributed by atoms with Gasteiger partial charge in [0.2, 0.25) is 0 Å². The van der Waals surface area contributed by atoms with E-state index in [4.69, 9.17) is 5.73 Å². The molecule has 0 aliphatic rings. The zero-order valence-corrected chi connectivity index (χ0v) is 7.62. The average molecular weight is 165 g/mol. The predicted octanol–water partition coefficient (Wildman–Crippen LogP) is 1.12. The first-order chi connectivity index (χ1) is 5.72. The van der Waals surface area contributed by atoms with Crippen molar-refractivity contribution in [3.05, 3.63) is 23.9 Å². The van der Waals surface area contributed by atoms with Crippen LogP contribution in [-0.2, 0) is 6.54 Å². The summed E-state index contributed by atoms with van der Waals surface area (Å²) in [7, 11) is 2.06. The Balaban J connectivity index is 2.63. The van der Waals surface area contributed by atoms with Crippen LogP contribution in [0.15, 0.2) is 18.2 Å². The number of nitrogens with two attached hydrogens (primary N) is 1. The van der Waals surface area contributed by atoms with Gasteiger partial charge in [-0.05, 0) is 25.7 Å². The van der Waals surface area contributed by atoms with Gasteiger partial charge in [0.15, 0.2) is 0 Å². The maximum atomic E-state index is 5.55. The summed E-state index contributed by atoms with van der Waals surface area (Å²) in [6, 6.07) is 5.72. The molecule has 0 aliphatic heterocycles. The molecule has 1 aromatic heterocycles. The lowest BCUT2D eigenvalue weighted by Crippen LogP contribution is -2.17. The van der Waals surface area contributed by atoms with Crippen molar-refractivity contribution in [2.75, 3.05) is 19.3 Å². The van der Waals surface area contributed by atoms with Gasteiger partial charge in [-0.1, -0.05) is 13.0 Å². The number of pyridine rings is 1. The van der Waals surface area contributed by atoms with E-state index in [9.17, 15) is 0 Å². The molecule has 1 rings (SSSR count). The van der Waals surface area contributed by atoms with Crippen LogP contribution in [0.4, 0.5) is 5.82 Å². The lowest BCUT2D eigenvalue weighted by molar-refractivity contribution is 0.341. The molecule has 0 radical (unpaired) electrons. The highest BCUT2D eigenvalue weighted by atomic mass is 15.1. The minimum atomic E-state index is 0.594. The van der Waals surface area contributed by atoms with E-state index in [2.05, 4.69) is 23.9 Å². The van der Waals surface area contributed by atoms with E-state index in [1.165, 1.54) is 0 Å². The first-order valence-electron chi connectivity index (χ1n) is 4.12. The Bertz CT molecular complexity index is 247. The summed E-state index contributed by atoms with van der Waals surface area (Å²) in [5.41, 5.74) is 6.57. The molecular weight excluding hydrogens is 150 g/mol. The van der Waals surface area contributed by atoms with Gasteiger partial charge in [-0.25, -0.2) is 4.98 Å². The minimum Gasteiger partial charge on any atom is -0.384 e. The molecule has 3 heteroatoms. The van der Waals surface area contributed by atoms with Crippen molar-refractivity contribution in [3.8, 4) is 0 Å². The van der Waals surface area contributed by atoms with Crippen LogP contribution in [-0.4, -0.2) is 23.5 Å². The predicted molar refractivity (Wildman–Crippen MR) is 50.7 cm³/mol. The van der Waals surface area contributed by atoms with Crippen molar-refractivity contribution < 1.29 is 0 Å². The minimum absolute atomic E-state index is 0.594. The monoisotopic (exact) mass is 165 g/mol. The molecule has 0 atom stereocenters. The summed E-state index contributed by atoms with van der Waals surface area (Å²) in [5, 5.41) is 0. The van der Waals surface area contributed by atoms with E-state index < -0.39 is 0 Å². The van der Waals surface area contributed by atoms with Gasteiger partial charge in [0.25, 0.3) is 0 Å². The molecule has 0 unspecified atom stereocenters. The highest BCUT2D eigenvalue weighted by Crippen LogP contribution is 2.02. The molecule has 0 saturated heterocycles. The van der Waals surface area contributed by atoms with Crippen molar-refractivity contribution >= 4 is 5.82 Å². The zero-order chi connectivity index (χ0) is 8.97. The molecule has 0 amide bonds. The molecule has 12 heavy (non-hydrogen) atoms.